The molecule has 6 rings (SSSR count). The molecule has 4 saturated carbocycles. The van der Waals surface area contributed by atoms with Crippen molar-refractivity contribution in [2.75, 3.05) is 33.2 Å². The average molecular weight is 405 g/mol. The van der Waals surface area contributed by atoms with Crippen LogP contribution < -0.4 is 0 Å². The maximum Gasteiger partial charge on any atom is 0.130 e. The van der Waals surface area contributed by atoms with Crippen molar-refractivity contribution < 1.29 is 14.9 Å². The zero-order valence-corrected chi connectivity index (χ0v) is 18.5. The Morgan fingerprint density at radius 3 is 2.41 bits per heavy atom. The van der Waals surface area contributed by atoms with Gasteiger partial charge < -0.3 is 19.8 Å². The topological polar surface area (TPSA) is 56.2 Å². The Morgan fingerprint density at radius 2 is 1.66 bits per heavy atom. The number of aliphatic hydroxyl groups excluding tert-OH is 2. The lowest BCUT2D eigenvalue weighted by Gasteiger charge is -2.63. The first-order valence-electron chi connectivity index (χ1n) is 12.3. The van der Waals surface area contributed by atoms with Gasteiger partial charge in [0, 0.05) is 38.0 Å². The van der Waals surface area contributed by atoms with Crippen LogP contribution >= 0.6 is 0 Å². The third-order valence-corrected chi connectivity index (χ3v) is 11.1. The predicted octanol–water partition coefficient (Wildman–Crippen LogP) is 2.31. The standard InChI is InChI=1S/C24H40N2O3/c1-22-7-6-18-16(17(22)4-5-21(22)28)13-20-19-12-15(27)14-24(29-20,23(18,19)2)26-10-8-25(3)9-11-26/h15-21,27-28H,4-14H2,1-3H3/t15?,16-,17-,18+,19?,20?,21?,22-,23+,24?/m0/s1. The summed E-state index contributed by atoms with van der Waals surface area (Å²) in [6.07, 6.45) is 7.37. The molecule has 5 unspecified atom stereocenters. The van der Waals surface area contributed by atoms with E-state index in [4.69, 9.17) is 4.74 Å². The van der Waals surface area contributed by atoms with Crippen molar-refractivity contribution >= 4 is 0 Å². The van der Waals surface area contributed by atoms with Gasteiger partial charge in [-0.25, -0.2) is 0 Å². The molecule has 6 aliphatic rings. The molecular formula is C24H40N2O3. The third-order valence-electron chi connectivity index (χ3n) is 11.1. The first kappa shape index (κ1) is 19.5. The van der Waals surface area contributed by atoms with E-state index in [0.29, 0.717) is 23.7 Å². The van der Waals surface area contributed by atoms with Gasteiger partial charge >= 0.3 is 0 Å². The highest BCUT2D eigenvalue weighted by molar-refractivity contribution is 5.21. The SMILES string of the molecule is CN1CCN(C23CC(O)CC4C(C[C@@H]5[C@@H](CC[C@]6(C)C(O)CC[C@@H]56)[C@]42C)O3)CC1. The molecular weight excluding hydrogens is 364 g/mol. The molecule has 5 nitrogen and oxygen atoms in total. The van der Waals surface area contributed by atoms with E-state index in [1.165, 1.54) is 12.8 Å². The molecule has 0 radical (unpaired) electrons. The number of hydrogen-bond donors (Lipinski definition) is 2. The molecule has 0 amide bonds. The van der Waals surface area contributed by atoms with E-state index in [1.807, 2.05) is 0 Å². The number of fused-ring (bicyclic) bond motifs is 3. The quantitative estimate of drug-likeness (QED) is 0.702. The molecule has 164 valence electrons. The Hall–Kier alpha value is -0.200. The zero-order chi connectivity index (χ0) is 20.2. The van der Waals surface area contributed by atoms with E-state index < -0.39 is 0 Å². The molecule has 0 aromatic heterocycles. The minimum absolute atomic E-state index is 0.115. The molecule has 2 N–H and O–H groups in total. The highest BCUT2D eigenvalue weighted by atomic mass is 16.5. The van der Waals surface area contributed by atoms with Crippen LogP contribution in [0.3, 0.4) is 0 Å². The van der Waals surface area contributed by atoms with Crippen molar-refractivity contribution in [3.8, 4) is 0 Å². The van der Waals surface area contributed by atoms with Crippen molar-refractivity contribution in [3.05, 3.63) is 0 Å². The summed E-state index contributed by atoms with van der Waals surface area (Å²) in [5.74, 6) is 2.49. The largest absolute Gasteiger partial charge is 0.393 e. The molecule has 4 bridgehead atoms. The molecule has 10 atom stereocenters. The maximum absolute atomic E-state index is 10.9. The molecule has 0 aromatic carbocycles. The molecule has 29 heavy (non-hydrogen) atoms. The number of piperazine rings is 1. The first-order valence-corrected chi connectivity index (χ1v) is 12.3. The van der Waals surface area contributed by atoms with E-state index in [-0.39, 0.29) is 34.9 Å². The molecule has 0 spiro atoms. The summed E-state index contributed by atoms with van der Waals surface area (Å²) < 4.78 is 7.13. The van der Waals surface area contributed by atoms with E-state index in [9.17, 15) is 10.2 Å². The summed E-state index contributed by atoms with van der Waals surface area (Å²) in [5, 5.41) is 21.7. The predicted molar refractivity (Wildman–Crippen MR) is 111 cm³/mol. The lowest BCUT2D eigenvalue weighted by Crippen LogP contribution is -2.69. The van der Waals surface area contributed by atoms with Gasteiger partial charge in [-0.05, 0) is 74.7 Å². The van der Waals surface area contributed by atoms with Crippen molar-refractivity contribution in [2.45, 2.75) is 82.8 Å². The smallest absolute Gasteiger partial charge is 0.130 e. The monoisotopic (exact) mass is 404 g/mol. The molecule has 4 aliphatic carbocycles. The highest BCUT2D eigenvalue weighted by Gasteiger charge is 2.75. The van der Waals surface area contributed by atoms with E-state index in [0.717, 1.165) is 58.3 Å². The Bertz CT molecular complexity index is 681. The molecule has 2 aliphatic heterocycles. The Balaban J connectivity index is 1.41. The van der Waals surface area contributed by atoms with Gasteiger partial charge in [-0.1, -0.05) is 13.8 Å². The summed E-state index contributed by atoms with van der Waals surface area (Å²) in [6.45, 7) is 9.20. The van der Waals surface area contributed by atoms with Gasteiger partial charge in [-0.3, -0.25) is 4.90 Å². The fourth-order valence-electron chi connectivity index (χ4n) is 9.59. The fourth-order valence-corrected chi connectivity index (χ4v) is 9.59. The fraction of sp³-hybridized carbons (Fsp3) is 1.00. The van der Waals surface area contributed by atoms with Crippen LogP contribution in [-0.4, -0.2) is 77.3 Å². The Morgan fingerprint density at radius 1 is 0.897 bits per heavy atom. The minimum atomic E-state index is -0.286. The number of likely N-dealkylation sites (N-methyl/N-ethyl adjacent to an activating group) is 1. The maximum atomic E-state index is 10.9. The number of hydrogen-bond acceptors (Lipinski definition) is 5. The molecule has 2 heterocycles. The van der Waals surface area contributed by atoms with Crippen LogP contribution in [0, 0.1) is 34.5 Å². The summed E-state index contributed by atoms with van der Waals surface area (Å²) in [4.78, 5) is 5.06. The lowest BCUT2D eigenvalue weighted by molar-refractivity contribution is -0.236. The average Bonchev–Trinajstić information content (AvgIpc) is 2.98. The van der Waals surface area contributed by atoms with Crippen molar-refractivity contribution in [2.24, 2.45) is 34.5 Å². The van der Waals surface area contributed by atoms with Gasteiger partial charge in [0.15, 0.2) is 0 Å². The van der Waals surface area contributed by atoms with Crippen LogP contribution in [0.2, 0.25) is 0 Å². The van der Waals surface area contributed by atoms with Crippen LogP contribution in [0.4, 0.5) is 0 Å². The first-order chi connectivity index (χ1) is 13.8. The summed E-state index contributed by atoms with van der Waals surface area (Å²) in [7, 11) is 2.21. The summed E-state index contributed by atoms with van der Waals surface area (Å²) in [5.41, 5.74) is -0.0415. The minimum Gasteiger partial charge on any atom is -0.393 e. The molecule has 0 aromatic rings. The van der Waals surface area contributed by atoms with Gasteiger partial charge in [0.05, 0.1) is 18.3 Å². The van der Waals surface area contributed by atoms with E-state index in [1.54, 1.807) is 0 Å². The van der Waals surface area contributed by atoms with E-state index in [2.05, 4.69) is 30.7 Å². The third kappa shape index (κ3) is 2.29. The molecule has 2 saturated heterocycles. The number of aliphatic hydroxyl groups is 2. The number of rotatable bonds is 1. The zero-order valence-electron chi connectivity index (χ0n) is 18.5. The number of nitrogens with zero attached hydrogens (tertiary/aromatic N) is 2. The van der Waals surface area contributed by atoms with Crippen LogP contribution in [-0.2, 0) is 4.74 Å². The molecule has 6 fully saturated rings. The van der Waals surface area contributed by atoms with Crippen LogP contribution in [0.15, 0.2) is 0 Å². The summed E-state index contributed by atoms with van der Waals surface area (Å²) >= 11 is 0. The highest BCUT2D eigenvalue weighted by Crippen LogP contribution is 2.73. The second-order valence-electron chi connectivity index (χ2n) is 12.0. The Labute approximate surface area is 175 Å². The van der Waals surface area contributed by atoms with Crippen molar-refractivity contribution in [1.82, 2.24) is 9.80 Å². The number of ether oxygens (including phenoxy) is 1. The van der Waals surface area contributed by atoms with Crippen LogP contribution in [0.25, 0.3) is 0 Å². The lowest BCUT2D eigenvalue weighted by atomic mass is 9.43. The van der Waals surface area contributed by atoms with Gasteiger partial charge in [-0.2, -0.15) is 0 Å². The van der Waals surface area contributed by atoms with Crippen molar-refractivity contribution in [1.29, 1.82) is 0 Å². The van der Waals surface area contributed by atoms with Crippen LogP contribution in [0.5, 0.6) is 0 Å². The van der Waals surface area contributed by atoms with E-state index >= 15 is 0 Å². The van der Waals surface area contributed by atoms with Gasteiger partial charge in [0.1, 0.15) is 5.72 Å². The van der Waals surface area contributed by atoms with Gasteiger partial charge in [-0.15, -0.1) is 0 Å². The molecule has 5 heteroatoms. The Kier molecular flexibility index (Phi) is 4.16. The second-order valence-corrected chi connectivity index (χ2v) is 12.0. The summed E-state index contributed by atoms with van der Waals surface area (Å²) in [6, 6.07) is 0. The van der Waals surface area contributed by atoms with Crippen LogP contribution in [0.1, 0.15) is 58.8 Å². The van der Waals surface area contributed by atoms with Crippen molar-refractivity contribution in [3.63, 3.8) is 0 Å². The van der Waals surface area contributed by atoms with Gasteiger partial charge in [0.25, 0.3) is 0 Å². The van der Waals surface area contributed by atoms with Gasteiger partial charge in [0.2, 0.25) is 0 Å². The normalized spacial score (nSPS) is 60.1. The second kappa shape index (κ2) is 6.19.